The van der Waals surface area contributed by atoms with E-state index in [2.05, 4.69) is 5.32 Å². The average molecular weight is 265 g/mol. The van der Waals surface area contributed by atoms with E-state index < -0.39 is 0 Å². The van der Waals surface area contributed by atoms with E-state index in [1.165, 1.54) is 11.8 Å². The van der Waals surface area contributed by atoms with Gasteiger partial charge in [0.1, 0.15) is 0 Å². The number of thioether (sulfide) groups is 1. The van der Waals surface area contributed by atoms with Gasteiger partial charge in [-0.1, -0.05) is 31.0 Å². The third-order valence-corrected chi connectivity index (χ3v) is 4.39. The predicted molar refractivity (Wildman–Crippen MR) is 73.6 cm³/mol. The summed E-state index contributed by atoms with van der Waals surface area (Å²) in [5.74, 6) is 0.422. The molecule has 4 heteroatoms. The second kappa shape index (κ2) is 6.25. The smallest absolute Gasteiger partial charge is 0.230 e. The quantitative estimate of drug-likeness (QED) is 0.802. The van der Waals surface area contributed by atoms with Crippen LogP contribution in [0.5, 0.6) is 0 Å². The lowest BCUT2D eigenvalue weighted by Crippen LogP contribution is -2.49. The van der Waals surface area contributed by atoms with Crippen molar-refractivity contribution in [1.82, 2.24) is 5.32 Å². The molecule has 0 heterocycles. The van der Waals surface area contributed by atoms with Gasteiger partial charge in [0, 0.05) is 4.90 Å². The molecule has 0 unspecified atom stereocenters. The molecule has 0 atom stereocenters. The summed E-state index contributed by atoms with van der Waals surface area (Å²) in [6, 6.07) is 9.88. The fourth-order valence-corrected chi connectivity index (χ4v) is 3.09. The number of hydrogen-bond acceptors (Lipinski definition) is 3. The minimum atomic E-state index is -0.353. The van der Waals surface area contributed by atoms with Crippen LogP contribution in [0.4, 0.5) is 0 Å². The van der Waals surface area contributed by atoms with Gasteiger partial charge in [-0.3, -0.25) is 4.79 Å². The molecule has 1 aliphatic rings. The maximum atomic E-state index is 11.9. The van der Waals surface area contributed by atoms with E-state index in [9.17, 15) is 9.90 Å². The van der Waals surface area contributed by atoms with Gasteiger partial charge in [0.15, 0.2) is 0 Å². The van der Waals surface area contributed by atoms with Crippen LogP contribution in [0, 0.1) is 0 Å². The number of benzene rings is 1. The van der Waals surface area contributed by atoms with E-state index in [0.29, 0.717) is 5.75 Å². The van der Waals surface area contributed by atoms with Crippen LogP contribution in [-0.4, -0.2) is 28.9 Å². The number of rotatable bonds is 5. The SMILES string of the molecule is O=C(CSc1ccccc1)NC1(CO)CCCC1. The first-order chi connectivity index (χ1) is 8.74. The number of carbonyl (C=O) groups excluding carboxylic acids is 1. The van der Waals surface area contributed by atoms with Crippen molar-refractivity contribution < 1.29 is 9.90 Å². The number of carbonyl (C=O) groups is 1. The molecule has 3 nitrogen and oxygen atoms in total. The van der Waals surface area contributed by atoms with E-state index in [1.807, 2.05) is 30.3 Å². The Morgan fingerprint density at radius 1 is 1.28 bits per heavy atom. The summed E-state index contributed by atoms with van der Waals surface area (Å²) >= 11 is 1.53. The topological polar surface area (TPSA) is 49.3 Å². The molecule has 0 saturated heterocycles. The van der Waals surface area contributed by atoms with E-state index in [1.54, 1.807) is 0 Å². The Labute approximate surface area is 112 Å². The van der Waals surface area contributed by atoms with Gasteiger partial charge in [0.05, 0.1) is 17.9 Å². The van der Waals surface area contributed by atoms with Gasteiger partial charge in [-0.2, -0.15) is 0 Å². The standard InChI is InChI=1S/C14H19NO2S/c16-11-14(8-4-5-9-14)15-13(17)10-18-12-6-2-1-3-7-12/h1-3,6-7,16H,4-5,8-11H2,(H,15,17). The van der Waals surface area contributed by atoms with Gasteiger partial charge in [-0.15, -0.1) is 11.8 Å². The van der Waals surface area contributed by atoms with Crippen LogP contribution in [0.2, 0.25) is 0 Å². The molecule has 0 radical (unpaired) electrons. The Morgan fingerprint density at radius 3 is 2.56 bits per heavy atom. The molecule has 0 aliphatic heterocycles. The van der Waals surface area contributed by atoms with Crippen molar-refractivity contribution in [2.24, 2.45) is 0 Å². The van der Waals surface area contributed by atoms with Crippen molar-refractivity contribution in [3.8, 4) is 0 Å². The van der Waals surface area contributed by atoms with Crippen molar-refractivity contribution >= 4 is 17.7 Å². The fourth-order valence-electron chi connectivity index (χ4n) is 2.37. The molecule has 2 N–H and O–H groups in total. The molecule has 1 saturated carbocycles. The van der Waals surface area contributed by atoms with Gasteiger partial charge in [-0.05, 0) is 25.0 Å². The molecule has 1 fully saturated rings. The molecule has 1 amide bonds. The van der Waals surface area contributed by atoms with Gasteiger partial charge in [-0.25, -0.2) is 0 Å². The molecular formula is C14H19NO2S. The molecule has 0 bridgehead atoms. The molecule has 1 aromatic rings. The number of amides is 1. The van der Waals surface area contributed by atoms with Crippen molar-refractivity contribution in [2.75, 3.05) is 12.4 Å². The maximum Gasteiger partial charge on any atom is 0.230 e. The van der Waals surface area contributed by atoms with Crippen molar-refractivity contribution in [3.63, 3.8) is 0 Å². The van der Waals surface area contributed by atoms with E-state index in [-0.39, 0.29) is 18.1 Å². The van der Waals surface area contributed by atoms with E-state index in [0.717, 1.165) is 30.6 Å². The second-order valence-corrected chi connectivity index (χ2v) is 5.84. The first-order valence-electron chi connectivity index (χ1n) is 6.34. The first kappa shape index (κ1) is 13.4. The molecule has 2 rings (SSSR count). The minimum absolute atomic E-state index is 0.0137. The number of aliphatic hydroxyl groups excluding tert-OH is 1. The Hall–Kier alpha value is -1.00. The lowest BCUT2D eigenvalue weighted by Gasteiger charge is -2.27. The molecule has 98 valence electrons. The molecule has 1 aliphatic carbocycles. The zero-order valence-corrected chi connectivity index (χ0v) is 11.2. The number of nitrogens with one attached hydrogen (secondary N) is 1. The first-order valence-corrected chi connectivity index (χ1v) is 7.32. The second-order valence-electron chi connectivity index (χ2n) is 4.80. The third kappa shape index (κ3) is 3.50. The number of aliphatic hydroxyl groups is 1. The zero-order valence-electron chi connectivity index (χ0n) is 10.4. The normalized spacial score (nSPS) is 17.6. The van der Waals surface area contributed by atoms with Crippen LogP contribution >= 0.6 is 11.8 Å². The lowest BCUT2D eigenvalue weighted by molar-refractivity contribution is -0.121. The lowest BCUT2D eigenvalue weighted by atomic mass is 9.99. The molecule has 18 heavy (non-hydrogen) atoms. The molecule has 0 spiro atoms. The zero-order chi connectivity index (χ0) is 12.8. The summed E-state index contributed by atoms with van der Waals surface area (Å²) in [5, 5.41) is 12.4. The van der Waals surface area contributed by atoms with Crippen LogP contribution in [0.1, 0.15) is 25.7 Å². The largest absolute Gasteiger partial charge is 0.394 e. The van der Waals surface area contributed by atoms with Crippen molar-refractivity contribution in [1.29, 1.82) is 0 Å². The monoisotopic (exact) mass is 265 g/mol. The van der Waals surface area contributed by atoms with Crippen LogP contribution in [0.15, 0.2) is 35.2 Å². The highest BCUT2D eigenvalue weighted by Gasteiger charge is 2.34. The fraction of sp³-hybridized carbons (Fsp3) is 0.500. The molecule has 1 aromatic carbocycles. The van der Waals surface area contributed by atoms with Crippen LogP contribution in [0.3, 0.4) is 0 Å². The van der Waals surface area contributed by atoms with Crippen molar-refractivity contribution in [2.45, 2.75) is 36.1 Å². The average Bonchev–Trinajstić information content (AvgIpc) is 2.87. The number of hydrogen-bond donors (Lipinski definition) is 2. The highest BCUT2D eigenvalue weighted by molar-refractivity contribution is 8.00. The van der Waals surface area contributed by atoms with E-state index >= 15 is 0 Å². The predicted octanol–water partition coefficient (Wildman–Crippen LogP) is 2.20. The van der Waals surface area contributed by atoms with Crippen LogP contribution in [0.25, 0.3) is 0 Å². The Bertz CT molecular complexity index is 388. The summed E-state index contributed by atoms with van der Waals surface area (Å²) < 4.78 is 0. The van der Waals surface area contributed by atoms with Gasteiger partial charge < -0.3 is 10.4 Å². The molecular weight excluding hydrogens is 246 g/mol. The van der Waals surface area contributed by atoms with Crippen molar-refractivity contribution in [3.05, 3.63) is 30.3 Å². The Kier molecular flexibility index (Phi) is 4.66. The van der Waals surface area contributed by atoms with Crippen LogP contribution < -0.4 is 5.32 Å². The minimum Gasteiger partial charge on any atom is -0.394 e. The summed E-state index contributed by atoms with van der Waals surface area (Å²) in [6.07, 6.45) is 3.97. The highest BCUT2D eigenvalue weighted by atomic mass is 32.2. The third-order valence-electron chi connectivity index (χ3n) is 3.38. The molecule has 0 aromatic heterocycles. The highest BCUT2D eigenvalue weighted by Crippen LogP contribution is 2.29. The summed E-state index contributed by atoms with van der Waals surface area (Å²) in [7, 11) is 0. The van der Waals surface area contributed by atoms with Gasteiger partial charge in [0.2, 0.25) is 5.91 Å². The Balaban J connectivity index is 1.82. The Morgan fingerprint density at radius 2 is 1.94 bits per heavy atom. The maximum absolute atomic E-state index is 11.9. The van der Waals surface area contributed by atoms with E-state index in [4.69, 9.17) is 0 Å². The van der Waals surface area contributed by atoms with Gasteiger partial charge >= 0.3 is 0 Å². The van der Waals surface area contributed by atoms with Crippen LogP contribution in [-0.2, 0) is 4.79 Å². The summed E-state index contributed by atoms with van der Waals surface area (Å²) in [5.41, 5.74) is -0.353. The summed E-state index contributed by atoms with van der Waals surface area (Å²) in [6.45, 7) is 0.0503. The van der Waals surface area contributed by atoms with Gasteiger partial charge in [0.25, 0.3) is 0 Å². The summed E-state index contributed by atoms with van der Waals surface area (Å²) in [4.78, 5) is 13.0.